The smallest absolute Gasteiger partial charge is 0.350 e. The minimum Gasteiger partial charge on any atom is -0.386 e. The van der Waals surface area contributed by atoms with Gasteiger partial charge in [0, 0.05) is 34.3 Å². The van der Waals surface area contributed by atoms with Crippen LogP contribution in [-0.4, -0.2) is 51.4 Å². The largest absolute Gasteiger partial charge is 0.386 e. The lowest BCUT2D eigenvalue weighted by Gasteiger charge is -2.13. The number of ether oxygens (including phenoxy) is 1. The molecule has 8 bridgehead atoms. The van der Waals surface area contributed by atoms with Crippen LogP contribution in [0.1, 0.15) is 126 Å². The maximum Gasteiger partial charge on any atom is 0.350 e. The Bertz CT molecular complexity index is 1890. The molecule has 4 aliphatic heterocycles. The summed E-state index contributed by atoms with van der Waals surface area (Å²) in [6, 6.07) is 5.85. The lowest BCUT2D eigenvalue weighted by Crippen LogP contribution is -2.20. The van der Waals surface area contributed by atoms with E-state index in [0.29, 0.717) is 70.0 Å². The maximum absolute atomic E-state index is 13.5. The number of aryl methyl sites for hydroxylation is 1. The zero-order valence-corrected chi connectivity index (χ0v) is 26.1. The fourth-order valence-electron chi connectivity index (χ4n) is 6.81. The molecule has 0 spiro atoms. The number of cyclic esters (lactones) is 2. The molecule has 2 aromatic rings. The second kappa shape index (κ2) is 11.3. The van der Waals surface area contributed by atoms with Crippen molar-refractivity contribution in [1.82, 2.24) is 19.9 Å². The van der Waals surface area contributed by atoms with Crippen molar-refractivity contribution in [3.8, 4) is 0 Å². The highest BCUT2D eigenvalue weighted by atomic mass is 17.2. The summed E-state index contributed by atoms with van der Waals surface area (Å²) in [5.74, 6) is -1.20. The van der Waals surface area contributed by atoms with E-state index in [4.69, 9.17) is 24.5 Å². The molecule has 0 aromatic carbocycles. The topological polar surface area (TPSA) is 136 Å². The number of Topliss-reactive ketones (excluding diaryl/α,β-unsaturated/α-hetero) is 1. The first-order valence-electron chi connectivity index (χ1n) is 15.0. The molecule has 10 heteroatoms. The summed E-state index contributed by atoms with van der Waals surface area (Å²) in [6.45, 7) is 11.9. The summed E-state index contributed by atoms with van der Waals surface area (Å²) in [6.07, 6.45) is 2.01. The number of H-pyrrole nitrogens is 2. The molecule has 0 fully saturated rings. The van der Waals surface area contributed by atoms with Crippen molar-refractivity contribution in [2.75, 3.05) is 13.7 Å². The number of nitrogens with one attached hydrogen (secondary N) is 2. The Morgan fingerprint density at radius 3 is 2.39 bits per heavy atom. The average molecular weight is 597 g/mol. The van der Waals surface area contributed by atoms with Crippen molar-refractivity contribution in [3.63, 3.8) is 0 Å². The fourth-order valence-corrected chi connectivity index (χ4v) is 6.81. The molecule has 10 nitrogen and oxygen atoms in total. The van der Waals surface area contributed by atoms with Crippen molar-refractivity contribution in [2.24, 2.45) is 0 Å². The van der Waals surface area contributed by atoms with E-state index in [1.165, 1.54) is 7.11 Å². The monoisotopic (exact) mass is 596 g/mol. The third-order valence-corrected chi connectivity index (χ3v) is 9.19. The van der Waals surface area contributed by atoms with Crippen LogP contribution in [0.3, 0.4) is 0 Å². The zero-order chi connectivity index (χ0) is 31.4. The number of ketones is 1. The van der Waals surface area contributed by atoms with E-state index in [-0.39, 0.29) is 23.2 Å². The van der Waals surface area contributed by atoms with Crippen LogP contribution in [0, 0.1) is 6.92 Å². The van der Waals surface area contributed by atoms with E-state index in [1.54, 1.807) is 6.92 Å². The molecule has 2 N–H and O–H groups in total. The van der Waals surface area contributed by atoms with Crippen LogP contribution >= 0.6 is 0 Å². The minimum absolute atomic E-state index is 0.0634. The molecule has 0 unspecified atom stereocenters. The Morgan fingerprint density at radius 1 is 0.955 bits per heavy atom. The molecule has 2 atom stereocenters. The van der Waals surface area contributed by atoms with Gasteiger partial charge in [-0.3, -0.25) is 4.79 Å². The summed E-state index contributed by atoms with van der Waals surface area (Å²) in [5, 5.41) is 0. The molecule has 6 rings (SSSR count). The van der Waals surface area contributed by atoms with Gasteiger partial charge in [-0.2, -0.15) is 0 Å². The molecule has 4 aliphatic rings. The molecule has 44 heavy (non-hydrogen) atoms. The number of aromatic nitrogens is 4. The summed E-state index contributed by atoms with van der Waals surface area (Å²) >= 11 is 0. The molecule has 0 saturated heterocycles. The predicted molar refractivity (Wildman–Crippen MR) is 166 cm³/mol. The molecule has 228 valence electrons. The van der Waals surface area contributed by atoms with Crippen LogP contribution < -0.4 is 0 Å². The zero-order valence-electron chi connectivity index (χ0n) is 26.1. The number of carbonyl (C=O) groups excluding carboxylic acids is 3. The van der Waals surface area contributed by atoms with Crippen molar-refractivity contribution in [2.45, 2.75) is 72.6 Å². The Morgan fingerprint density at radius 2 is 1.68 bits per heavy atom. The van der Waals surface area contributed by atoms with Gasteiger partial charge < -0.3 is 14.7 Å². The van der Waals surface area contributed by atoms with Gasteiger partial charge in [-0.1, -0.05) is 13.8 Å². The first kappa shape index (κ1) is 29.7. The summed E-state index contributed by atoms with van der Waals surface area (Å²) in [4.78, 5) is 66.2. The van der Waals surface area contributed by atoms with Crippen LogP contribution in [-0.2, 0) is 19.3 Å². The Hall–Kier alpha value is -4.41. The van der Waals surface area contributed by atoms with E-state index in [9.17, 15) is 14.4 Å². The van der Waals surface area contributed by atoms with Gasteiger partial charge in [0.1, 0.15) is 5.56 Å². The van der Waals surface area contributed by atoms with Crippen molar-refractivity contribution < 1.29 is 28.9 Å². The van der Waals surface area contributed by atoms with Crippen LogP contribution in [0.5, 0.6) is 0 Å². The summed E-state index contributed by atoms with van der Waals surface area (Å²) in [5.41, 5.74) is 9.61. The van der Waals surface area contributed by atoms with Gasteiger partial charge in [0.15, 0.2) is 5.78 Å². The van der Waals surface area contributed by atoms with Crippen LogP contribution in [0.2, 0.25) is 0 Å². The van der Waals surface area contributed by atoms with E-state index in [2.05, 4.69) is 23.8 Å². The second-order valence-electron chi connectivity index (χ2n) is 11.7. The van der Waals surface area contributed by atoms with Gasteiger partial charge in [-0.05, 0) is 87.4 Å². The van der Waals surface area contributed by atoms with E-state index < -0.39 is 11.9 Å². The maximum atomic E-state index is 13.5. The first-order valence-corrected chi connectivity index (χ1v) is 15.0. The summed E-state index contributed by atoms with van der Waals surface area (Å²) in [7, 11) is 1.46. The number of carbonyl (C=O) groups is 3. The molecule has 0 aliphatic carbocycles. The van der Waals surface area contributed by atoms with Gasteiger partial charge >= 0.3 is 11.9 Å². The molecule has 2 aromatic heterocycles. The number of aromatic amines is 2. The highest BCUT2D eigenvalue weighted by Crippen LogP contribution is 2.42. The number of esters is 2. The number of nitrogens with zero attached hydrogens (tertiary/aromatic N) is 2. The van der Waals surface area contributed by atoms with Gasteiger partial charge in [0.25, 0.3) is 0 Å². The second-order valence-corrected chi connectivity index (χ2v) is 11.7. The van der Waals surface area contributed by atoms with Crippen molar-refractivity contribution in [3.05, 3.63) is 69.1 Å². The SMILES string of the molecule is CC[C@H]1c2cc3[nH]c4c(c5nc(cc6nc(cc([nH]2)[C@@H]1C)C(C(C)=O)=C6C)C(C)=C5CCCOOC)C(=O)OC(=O)c4c3C. The number of hydrogen-bond donors (Lipinski definition) is 2. The molecular weight excluding hydrogens is 560 g/mol. The third-order valence-electron chi connectivity index (χ3n) is 9.19. The van der Waals surface area contributed by atoms with Gasteiger partial charge in [0.05, 0.1) is 47.6 Å². The van der Waals surface area contributed by atoms with Crippen molar-refractivity contribution >= 4 is 51.0 Å². The van der Waals surface area contributed by atoms with E-state index in [1.807, 2.05) is 39.0 Å². The van der Waals surface area contributed by atoms with Gasteiger partial charge in [-0.15, -0.1) is 0 Å². The number of allylic oxidation sites excluding steroid dienone is 4. The molecule has 0 radical (unpaired) electrons. The molecule has 0 saturated carbocycles. The van der Waals surface area contributed by atoms with Crippen molar-refractivity contribution in [1.29, 1.82) is 0 Å². The molecule has 6 heterocycles. The standard InChI is InChI=1S/C34H36N4O6/c1-8-20-15(2)22-14-27-28(19(6)39)17(4)24(36-27)12-23-16(3)21(10-9-11-43-42-7)31(37-23)30-32-29(33(40)44-34(30)41)18(5)25(38-32)13-26(20)35-22/h12-15,20,35,38H,8-11H2,1-7H3/t15-,20-/m1/s1. The first-order chi connectivity index (χ1) is 21.0. The normalized spacial score (nSPS) is 18.6. The fraction of sp³-hybridized carbons (Fsp3) is 0.382. The number of fused-ring (bicyclic) bond motifs is 8. The van der Waals surface area contributed by atoms with Gasteiger partial charge in [0.2, 0.25) is 0 Å². The van der Waals surface area contributed by atoms with E-state index >= 15 is 0 Å². The predicted octanol–water partition coefficient (Wildman–Crippen LogP) is 6.76. The van der Waals surface area contributed by atoms with E-state index in [0.717, 1.165) is 34.5 Å². The molecule has 0 amide bonds. The lowest BCUT2D eigenvalue weighted by molar-refractivity contribution is -0.272. The quantitative estimate of drug-likeness (QED) is 0.118. The minimum atomic E-state index is -0.754. The number of rotatable bonds is 7. The van der Waals surface area contributed by atoms with Crippen LogP contribution in [0.4, 0.5) is 0 Å². The Kier molecular flexibility index (Phi) is 7.59. The van der Waals surface area contributed by atoms with Crippen LogP contribution in [0.25, 0.3) is 33.3 Å². The number of hydrogen-bond acceptors (Lipinski definition) is 8. The highest BCUT2D eigenvalue weighted by Gasteiger charge is 2.35. The Labute approximate surface area is 255 Å². The van der Waals surface area contributed by atoms with Crippen LogP contribution in [0.15, 0.2) is 18.2 Å². The summed E-state index contributed by atoms with van der Waals surface area (Å²) < 4.78 is 5.32. The molecular formula is C34H36N4O6. The highest BCUT2D eigenvalue weighted by molar-refractivity contribution is 6.27. The lowest BCUT2D eigenvalue weighted by atomic mass is 9.89. The third kappa shape index (κ3) is 4.69. The average Bonchev–Trinajstić information content (AvgIpc) is 3.65. The Balaban J connectivity index is 1.76. The van der Waals surface area contributed by atoms with Gasteiger partial charge in [-0.25, -0.2) is 29.3 Å².